The SMILES string of the molecule is CCCCCCCc1nc(Br)ns1. The van der Waals surface area contributed by atoms with Crippen LogP contribution in [0.25, 0.3) is 0 Å². The van der Waals surface area contributed by atoms with Crippen molar-refractivity contribution in [2.45, 2.75) is 45.4 Å². The zero-order valence-corrected chi connectivity index (χ0v) is 10.3. The van der Waals surface area contributed by atoms with Gasteiger partial charge in [-0.2, -0.15) is 4.37 Å². The number of hydrogen-bond donors (Lipinski definition) is 0. The number of unbranched alkanes of at least 4 members (excludes halogenated alkanes) is 4. The molecular weight excluding hydrogens is 248 g/mol. The first-order valence-electron chi connectivity index (χ1n) is 4.81. The highest BCUT2D eigenvalue weighted by Crippen LogP contribution is 2.13. The summed E-state index contributed by atoms with van der Waals surface area (Å²) in [5, 5.41) is 1.16. The van der Waals surface area contributed by atoms with Crippen LogP contribution in [0, 0.1) is 0 Å². The van der Waals surface area contributed by atoms with Crippen molar-refractivity contribution in [3.8, 4) is 0 Å². The first-order valence-corrected chi connectivity index (χ1v) is 6.37. The van der Waals surface area contributed by atoms with E-state index >= 15 is 0 Å². The maximum atomic E-state index is 4.25. The van der Waals surface area contributed by atoms with Crippen LogP contribution in [0.1, 0.15) is 44.0 Å². The number of aryl methyl sites for hydroxylation is 1. The topological polar surface area (TPSA) is 25.8 Å². The van der Waals surface area contributed by atoms with Gasteiger partial charge in [0.1, 0.15) is 5.01 Å². The molecule has 0 aliphatic carbocycles. The maximum absolute atomic E-state index is 4.25. The fraction of sp³-hybridized carbons (Fsp3) is 0.778. The van der Waals surface area contributed by atoms with Gasteiger partial charge < -0.3 is 0 Å². The number of rotatable bonds is 6. The van der Waals surface area contributed by atoms with Gasteiger partial charge in [0.25, 0.3) is 0 Å². The minimum Gasteiger partial charge on any atom is -0.214 e. The summed E-state index contributed by atoms with van der Waals surface area (Å²) in [6, 6.07) is 0. The molecule has 1 aromatic heterocycles. The molecule has 0 fully saturated rings. The molecule has 0 aliphatic heterocycles. The van der Waals surface area contributed by atoms with Crippen molar-refractivity contribution in [3.63, 3.8) is 0 Å². The monoisotopic (exact) mass is 262 g/mol. The lowest BCUT2D eigenvalue weighted by molar-refractivity contribution is 0.631. The van der Waals surface area contributed by atoms with Crippen LogP contribution in [0.4, 0.5) is 0 Å². The minimum absolute atomic E-state index is 0.737. The van der Waals surface area contributed by atoms with E-state index in [1.165, 1.54) is 43.6 Å². The third-order valence-electron chi connectivity index (χ3n) is 1.94. The standard InChI is InChI=1S/C9H15BrN2S/c1-2-3-4-5-6-7-8-11-9(10)12-13-8/h2-7H2,1H3. The van der Waals surface area contributed by atoms with E-state index in [1.54, 1.807) is 0 Å². The van der Waals surface area contributed by atoms with Gasteiger partial charge in [0.2, 0.25) is 4.73 Å². The van der Waals surface area contributed by atoms with Crippen LogP contribution in [0.2, 0.25) is 0 Å². The Morgan fingerprint density at radius 1 is 1.23 bits per heavy atom. The van der Waals surface area contributed by atoms with E-state index in [0.29, 0.717) is 0 Å². The van der Waals surface area contributed by atoms with E-state index in [-0.39, 0.29) is 0 Å². The molecular formula is C9H15BrN2S. The zero-order valence-electron chi connectivity index (χ0n) is 7.92. The molecule has 4 heteroatoms. The van der Waals surface area contributed by atoms with Gasteiger partial charge >= 0.3 is 0 Å². The molecule has 1 rings (SSSR count). The van der Waals surface area contributed by atoms with Gasteiger partial charge in [0.05, 0.1) is 0 Å². The van der Waals surface area contributed by atoms with Crippen molar-refractivity contribution in [2.75, 3.05) is 0 Å². The van der Waals surface area contributed by atoms with E-state index in [0.717, 1.165) is 16.2 Å². The predicted molar refractivity (Wildman–Crippen MR) is 60.1 cm³/mol. The number of hydrogen-bond acceptors (Lipinski definition) is 3. The second-order valence-electron chi connectivity index (χ2n) is 3.12. The molecule has 0 saturated carbocycles. The molecule has 0 N–H and O–H groups in total. The van der Waals surface area contributed by atoms with Crippen molar-refractivity contribution < 1.29 is 0 Å². The number of nitrogens with zero attached hydrogens (tertiary/aromatic N) is 2. The second kappa shape index (κ2) is 6.49. The van der Waals surface area contributed by atoms with Crippen molar-refractivity contribution in [3.05, 3.63) is 9.74 Å². The highest BCUT2D eigenvalue weighted by atomic mass is 79.9. The average Bonchev–Trinajstić information content (AvgIpc) is 2.51. The Hall–Kier alpha value is 0.0400. The fourth-order valence-electron chi connectivity index (χ4n) is 1.22. The van der Waals surface area contributed by atoms with Gasteiger partial charge in [0.15, 0.2) is 0 Å². The van der Waals surface area contributed by atoms with Crippen LogP contribution in [0.15, 0.2) is 4.73 Å². The summed E-state index contributed by atoms with van der Waals surface area (Å²) in [4.78, 5) is 4.25. The lowest BCUT2D eigenvalue weighted by Crippen LogP contribution is -1.84. The highest BCUT2D eigenvalue weighted by Gasteiger charge is 1.99. The largest absolute Gasteiger partial charge is 0.214 e. The minimum atomic E-state index is 0.737. The number of halogens is 1. The zero-order chi connectivity index (χ0) is 9.52. The van der Waals surface area contributed by atoms with Gasteiger partial charge in [-0.3, -0.25) is 0 Å². The highest BCUT2D eigenvalue weighted by molar-refractivity contribution is 9.10. The fourth-order valence-corrected chi connectivity index (χ4v) is 2.35. The third-order valence-corrected chi connectivity index (χ3v) is 3.30. The van der Waals surface area contributed by atoms with E-state index in [1.807, 2.05) is 0 Å². The maximum Gasteiger partial charge on any atom is 0.209 e. The van der Waals surface area contributed by atoms with Crippen molar-refractivity contribution in [1.82, 2.24) is 9.36 Å². The summed E-state index contributed by atoms with van der Waals surface area (Å²) >= 11 is 4.76. The van der Waals surface area contributed by atoms with E-state index in [4.69, 9.17) is 0 Å². The molecule has 0 spiro atoms. The summed E-state index contributed by atoms with van der Waals surface area (Å²) in [5.74, 6) is 0. The molecule has 0 unspecified atom stereocenters. The summed E-state index contributed by atoms with van der Waals surface area (Å²) in [6.07, 6.45) is 7.69. The van der Waals surface area contributed by atoms with Crippen LogP contribution in [0.3, 0.4) is 0 Å². The average molecular weight is 263 g/mol. The van der Waals surface area contributed by atoms with E-state index < -0.39 is 0 Å². The first-order chi connectivity index (χ1) is 6.33. The van der Waals surface area contributed by atoms with Gasteiger partial charge in [0, 0.05) is 6.42 Å². The third kappa shape index (κ3) is 4.72. The van der Waals surface area contributed by atoms with Crippen molar-refractivity contribution in [1.29, 1.82) is 0 Å². The van der Waals surface area contributed by atoms with Gasteiger partial charge in [-0.05, 0) is 33.9 Å². The van der Waals surface area contributed by atoms with Crippen LogP contribution in [-0.4, -0.2) is 9.36 Å². The summed E-state index contributed by atoms with van der Waals surface area (Å²) < 4.78 is 4.82. The van der Waals surface area contributed by atoms with Gasteiger partial charge in [-0.1, -0.05) is 32.6 Å². The predicted octanol–water partition coefficient (Wildman–Crippen LogP) is 3.81. The summed E-state index contributed by atoms with van der Waals surface area (Å²) in [7, 11) is 0. The summed E-state index contributed by atoms with van der Waals surface area (Å²) in [6.45, 7) is 2.24. The molecule has 2 nitrogen and oxygen atoms in total. The Kier molecular flexibility index (Phi) is 5.55. The Balaban J connectivity index is 2.06. The Morgan fingerprint density at radius 2 is 2.00 bits per heavy atom. The normalized spacial score (nSPS) is 10.6. The Bertz CT molecular complexity index is 237. The van der Waals surface area contributed by atoms with Crippen LogP contribution < -0.4 is 0 Å². The molecule has 74 valence electrons. The molecule has 0 aliphatic rings. The molecule has 0 atom stereocenters. The van der Waals surface area contributed by atoms with Crippen LogP contribution >= 0.6 is 27.5 Å². The van der Waals surface area contributed by atoms with Crippen LogP contribution in [0.5, 0.6) is 0 Å². The molecule has 1 aromatic rings. The molecule has 0 radical (unpaired) electrons. The molecule has 0 bridgehead atoms. The van der Waals surface area contributed by atoms with Crippen LogP contribution in [-0.2, 0) is 6.42 Å². The molecule has 0 aromatic carbocycles. The smallest absolute Gasteiger partial charge is 0.209 e. The molecule has 13 heavy (non-hydrogen) atoms. The molecule has 0 saturated heterocycles. The molecule has 0 amide bonds. The number of aromatic nitrogens is 2. The lowest BCUT2D eigenvalue weighted by atomic mass is 10.1. The van der Waals surface area contributed by atoms with Crippen molar-refractivity contribution >= 4 is 27.5 Å². The van der Waals surface area contributed by atoms with Gasteiger partial charge in [-0.25, -0.2) is 4.98 Å². The van der Waals surface area contributed by atoms with E-state index in [2.05, 4.69) is 32.2 Å². The first kappa shape index (κ1) is 11.1. The van der Waals surface area contributed by atoms with E-state index in [9.17, 15) is 0 Å². The second-order valence-corrected chi connectivity index (χ2v) is 4.67. The Morgan fingerprint density at radius 3 is 2.62 bits per heavy atom. The summed E-state index contributed by atoms with van der Waals surface area (Å²) in [5.41, 5.74) is 0. The Labute approximate surface area is 92.1 Å². The lowest BCUT2D eigenvalue weighted by Gasteiger charge is -1.96. The molecule has 1 heterocycles. The van der Waals surface area contributed by atoms with Crippen molar-refractivity contribution in [2.24, 2.45) is 0 Å². The van der Waals surface area contributed by atoms with Gasteiger partial charge in [-0.15, -0.1) is 0 Å². The quantitative estimate of drug-likeness (QED) is 0.729.